The maximum atomic E-state index is 12.7. The van der Waals surface area contributed by atoms with E-state index in [9.17, 15) is 10.1 Å². The highest BCUT2D eigenvalue weighted by Gasteiger charge is 2.24. The summed E-state index contributed by atoms with van der Waals surface area (Å²) in [5.41, 5.74) is 2.49. The molecule has 3 aromatic rings. The van der Waals surface area contributed by atoms with Crippen LogP contribution >= 0.6 is 34.7 Å². The highest BCUT2D eigenvalue weighted by Crippen LogP contribution is 2.37. The molecule has 1 amide bonds. The van der Waals surface area contributed by atoms with Crippen LogP contribution in [0.2, 0.25) is 5.02 Å². The van der Waals surface area contributed by atoms with Crippen LogP contribution in [0.5, 0.6) is 0 Å². The molecule has 0 saturated carbocycles. The number of aromatic nitrogens is 2. The predicted molar refractivity (Wildman–Crippen MR) is 119 cm³/mol. The van der Waals surface area contributed by atoms with Crippen LogP contribution in [0.4, 0.5) is 5.00 Å². The molecular weight excluding hydrogens is 440 g/mol. The van der Waals surface area contributed by atoms with E-state index in [-0.39, 0.29) is 5.91 Å². The fraction of sp³-hybridized carbons (Fsp3) is 0.333. The van der Waals surface area contributed by atoms with Crippen molar-refractivity contribution in [2.45, 2.75) is 49.5 Å². The first kappa shape index (κ1) is 20.9. The van der Waals surface area contributed by atoms with E-state index in [1.165, 1.54) is 34.4 Å². The summed E-state index contributed by atoms with van der Waals surface area (Å²) >= 11 is 8.62. The molecule has 1 N–H and O–H groups in total. The first-order chi connectivity index (χ1) is 14.5. The first-order valence-electron chi connectivity index (χ1n) is 9.66. The minimum atomic E-state index is -0.461. The van der Waals surface area contributed by atoms with Gasteiger partial charge >= 0.3 is 0 Å². The number of fused-ring (bicyclic) bond motifs is 1. The van der Waals surface area contributed by atoms with E-state index in [1.807, 2.05) is 0 Å². The average molecular weight is 459 g/mol. The molecule has 1 aliphatic carbocycles. The van der Waals surface area contributed by atoms with Crippen molar-refractivity contribution in [3.63, 3.8) is 0 Å². The summed E-state index contributed by atoms with van der Waals surface area (Å²) in [6.45, 7) is 1.77. The van der Waals surface area contributed by atoms with Crippen LogP contribution in [-0.2, 0) is 17.6 Å². The zero-order valence-electron chi connectivity index (χ0n) is 16.3. The van der Waals surface area contributed by atoms with Crippen molar-refractivity contribution in [2.75, 3.05) is 5.32 Å². The van der Waals surface area contributed by atoms with Crippen LogP contribution in [0.15, 0.2) is 33.9 Å². The lowest BCUT2D eigenvalue weighted by Crippen LogP contribution is -2.22. The number of aryl methyl sites for hydroxylation is 1. The minimum absolute atomic E-state index is 0.195. The zero-order valence-corrected chi connectivity index (χ0v) is 18.7. The van der Waals surface area contributed by atoms with Crippen LogP contribution in [0.25, 0.3) is 11.5 Å². The highest BCUT2D eigenvalue weighted by molar-refractivity contribution is 8.00. The minimum Gasteiger partial charge on any atom is -0.411 e. The highest BCUT2D eigenvalue weighted by atomic mass is 35.5. The van der Waals surface area contributed by atoms with Gasteiger partial charge in [-0.25, -0.2) is 0 Å². The maximum absolute atomic E-state index is 12.7. The standard InChI is InChI=1S/C21H19ClN4O2S2/c1-12(29-21-26-25-19(28-21)13-7-9-14(22)10-8-13)18(27)24-20-16(11-23)15-5-3-2-4-6-17(15)30-20/h7-10,12H,2-6H2,1H3,(H,24,27). The van der Waals surface area contributed by atoms with Crippen LogP contribution in [0.3, 0.4) is 0 Å². The van der Waals surface area contributed by atoms with E-state index in [1.54, 1.807) is 31.2 Å². The Morgan fingerprint density at radius 3 is 2.80 bits per heavy atom. The summed E-state index contributed by atoms with van der Waals surface area (Å²) in [5, 5.41) is 21.8. The van der Waals surface area contributed by atoms with E-state index in [0.29, 0.717) is 26.7 Å². The number of benzene rings is 1. The number of rotatable bonds is 5. The number of carbonyl (C=O) groups is 1. The number of nitriles is 1. The SMILES string of the molecule is CC(Sc1nnc(-c2ccc(Cl)cc2)o1)C(=O)Nc1sc2c(c1C#N)CCCCC2. The number of halogens is 1. The number of nitrogens with one attached hydrogen (secondary N) is 1. The Morgan fingerprint density at radius 2 is 2.03 bits per heavy atom. The van der Waals surface area contributed by atoms with Gasteiger partial charge in [0.1, 0.15) is 11.1 Å². The largest absolute Gasteiger partial charge is 0.411 e. The van der Waals surface area contributed by atoms with E-state index >= 15 is 0 Å². The smallest absolute Gasteiger partial charge is 0.277 e. The third-order valence-electron chi connectivity index (χ3n) is 4.91. The van der Waals surface area contributed by atoms with Gasteiger partial charge in [-0.05, 0) is 62.4 Å². The number of thiophene rings is 1. The van der Waals surface area contributed by atoms with Crippen LogP contribution in [0, 0.1) is 11.3 Å². The average Bonchev–Trinajstić information content (AvgIpc) is 3.25. The van der Waals surface area contributed by atoms with Crippen molar-refractivity contribution in [2.24, 2.45) is 0 Å². The summed E-state index contributed by atoms with van der Waals surface area (Å²) in [6.07, 6.45) is 5.29. The monoisotopic (exact) mass is 458 g/mol. The molecule has 1 unspecified atom stereocenters. The Hall–Kier alpha value is -2.34. The van der Waals surface area contributed by atoms with Gasteiger partial charge in [0.05, 0.1) is 10.8 Å². The van der Waals surface area contributed by atoms with E-state index in [4.69, 9.17) is 16.0 Å². The summed E-state index contributed by atoms with van der Waals surface area (Å²) in [6, 6.07) is 9.38. The second-order valence-electron chi connectivity index (χ2n) is 7.01. The second-order valence-corrected chi connectivity index (χ2v) is 9.84. The van der Waals surface area contributed by atoms with Gasteiger partial charge in [0, 0.05) is 15.5 Å². The molecular formula is C21H19ClN4O2S2. The molecule has 6 nitrogen and oxygen atoms in total. The fourth-order valence-electron chi connectivity index (χ4n) is 3.33. The van der Waals surface area contributed by atoms with Crippen molar-refractivity contribution in [1.29, 1.82) is 5.26 Å². The molecule has 2 aromatic heterocycles. The number of carbonyl (C=O) groups excluding carboxylic acids is 1. The van der Waals surface area contributed by atoms with Crippen LogP contribution in [0.1, 0.15) is 42.2 Å². The third-order valence-corrected chi connectivity index (χ3v) is 7.31. The number of nitrogens with zero attached hydrogens (tertiary/aromatic N) is 3. The molecule has 154 valence electrons. The summed E-state index contributed by atoms with van der Waals surface area (Å²) in [7, 11) is 0. The molecule has 0 radical (unpaired) electrons. The van der Waals surface area contributed by atoms with Gasteiger partial charge in [-0.3, -0.25) is 4.79 Å². The molecule has 0 spiro atoms. The Bertz CT molecular complexity index is 1100. The van der Waals surface area contributed by atoms with Gasteiger partial charge < -0.3 is 9.73 Å². The molecule has 0 bridgehead atoms. The van der Waals surface area contributed by atoms with Crippen molar-refractivity contribution in [3.8, 4) is 17.5 Å². The molecule has 1 atom stereocenters. The van der Waals surface area contributed by atoms with Gasteiger partial charge in [-0.2, -0.15) is 5.26 Å². The Labute approximate surface area is 187 Å². The van der Waals surface area contributed by atoms with Gasteiger partial charge in [-0.1, -0.05) is 29.8 Å². The van der Waals surface area contributed by atoms with E-state index < -0.39 is 5.25 Å². The number of amides is 1. The lowest BCUT2D eigenvalue weighted by Gasteiger charge is -2.09. The third kappa shape index (κ3) is 4.53. The van der Waals surface area contributed by atoms with Crippen LogP contribution < -0.4 is 5.32 Å². The summed E-state index contributed by atoms with van der Waals surface area (Å²) in [5.74, 6) is 0.176. The lowest BCUT2D eigenvalue weighted by atomic mass is 10.1. The Kier molecular flexibility index (Phi) is 6.42. The molecule has 2 heterocycles. The molecule has 4 rings (SSSR count). The quantitative estimate of drug-likeness (QED) is 0.388. The lowest BCUT2D eigenvalue weighted by molar-refractivity contribution is -0.115. The Balaban J connectivity index is 1.44. The molecule has 1 aromatic carbocycles. The van der Waals surface area contributed by atoms with Gasteiger partial charge in [-0.15, -0.1) is 21.5 Å². The number of hydrogen-bond acceptors (Lipinski definition) is 7. The molecule has 0 saturated heterocycles. The fourth-order valence-corrected chi connectivity index (χ4v) is 5.39. The van der Waals surface area contributed by atoms with E-state index in [2.05, 4.69) is 21.6 Å². The number of thioether (sulfide) groups is 1. The number of hydrogen-bond donors (Lipinski definition) is 1. The molecule has 0 fully saturated rings. The van der Waals surface area contributed by atoms with Gasteiger partial charge in [0.15, 0.2) is 0 Å². The molecule has 30 heavy (non-hydrogen) atoms. The first-order valence-corrected chi connectivity index (χ1v) is 11.7. The molecule has 9 heteroatoms. The second kappa shape index (κ2) is 9.21. The van der Waals surface area contributed by atoms with Crippen LogP contribution in [-0.4, -0.2) is 21.4 Å². The van der Waals surface area contributed by atoms with Crippen molar-refractivity contribution in [3.05, 3.63) is 45.3 Å². The zero-order chi connectivity index (χ0) is 21.1. The Morgan fingerprint density at radius 1 is 1.27 bits per heavy atom. The molecule has 0 aliphatic heterocycles. The normalized spacial score (nSPS) is 14.4. The van der Waals surface area contributed by atoms with E-state index in [0.717, 1.165) is 36.8 Å². The topological polar surface area (TPSA) is 91.8 Å². The summed E-state index contributed by atoms with van der Waals surface area (Å²) in [4.78, 5) is 14.0. The van der Waals surface area contributed by atoms with Gasteiger partial charge in [0.2, 0.25) is 11.8 Å². The summed E-state index contributed by atoms with van der Waals surface area (Å²) < 4.78 is 5.67. The molecule has 1 aliphatic rings. The predicted octanol–water partition coefficient (Wildman–Crippen LogP) is 5.71. The van der Waals surface area contributed by atoms with Crippen molar-refractivity contribution < 1.29 is 9.21 Å². The maximum Gasteiger partial charge on any atom is 0.277 e. The van der Waals surface area contributed by atoms with Gasteiger partial charge in [0.25, 0.3) is 5.22 Å². The van der Waals surface area contributed by atoms with Crippen molar-refractivity contribution >= 4 is 45.6 Å². The van der Waals surface area contributed by atoms with Crippen molar-refractivity contribution in [1.82, 2.24) is 10.2 Å². The number of anilines is 1.